The summed E-state index contributed by atoms with van der Waals surface area (Å²) in [5.74, 6) is 2.16. The van der Waals surface area contributed by atoms with Crippen LogP contribution < -0.4 is 0 Å². The zero-order valence-electron chi connectivity index (χ0n) is 13.3. The second-order valence-electron chi connectivity index (χ2n) is 6.51. The highest BCUT2D eigenvalue weighted by atomic mass is 16.3. The maximum Gasteiger partial charge on any atom is 0.0456 e. The molecule has 0 fully saturated rings. The second kappa shape index (κ2) is 12.0. The highest BCUT2D eigenvalue weighted by Gasteiger charge is 2.09. The largest absolute Gasteiger partial charge is 0.396 e. The molecule has 0 spiro atoms. The van der Waals surface area contributed by atoms with Gasteiger partial charge in [0.25, 0.3) is 0 Å². The number of rotatable bonds is 12. The topological polar surface area (TPSA) is 20.2 Å². The zero-order chi connectivity index (χ0) is 13.8. The van der Waals surface area contributed by atoms with Gasteiger partial charge in [-0.15, -0.1) is 0 Å². The summed E-state index contributed by atoms with van der Waals surface area (Å²) in [6.07, 6.45) is 12.3. The minimum absolute atomic E-state index is 0.345. The molecule has 110 valence electrons. The van der Waals surface area contributed by atoms with Gasteiger partial charge in [0, 0.05) is 6.61 Å². The van der Waals surface area contributed by atoms with Crippen molar-refractivity contribution in [2.24, 2.45) is 17.8 Å². The van der Waals surface area contributed by atoms with Gasteiger partial charge in [-0.1, -0.05) is 79.1 Å². The first kappa shape index (κ1) is 18.0. The lowest BCUT2D eigenvalue weighted by Gasteiger charge is -2.16. The van der Waals surface area contributed by atoms with Crippen LogP contribution in [0.5, 0.6) is 0 Å². The van der Waals surface area contributed by atoms with Crippen LogP contribution in [0.25, 0.3) is 0 Å². The van der Waals surface area contributed by atoms with Gasteiger partial charge >= 0.3 is 0 Å². The second-order valence-corrected chi connectivity index (χ2v) is 6.51. The molecule has 0 aromatic rings. The Morgan fingerprint density at radius 3 is 1.94 bits per heavy atom. The van der Waals surface area contributed by atoms with Crippen molar-refractivity contribution in [1.29, 1.82) is 0 Å². The number of aliphatic hydroxyl groups excluding tert-OH is 1. The molecule has 0 aliphatic carbocycles. The fraction of sp³-hybridized carbons (Fsp3) is 1.00. The number of hydrogen-bond acceptors (Lipinski definition) is 1. The molecule has 3 atom stereocenters. The molecule has 0 saturated heterocycles. The third-order valence-electron chi connectivity index (χ3n) is 4.06. The SMILES string of the molecule is CCCCCCC(C)CCCC(C)CC(C)CO. The van der Waals surface area contributed by atoms with Crippen LogP contribution in [0.1, 0.15) is 85.5 Å². The maximum absolute atomic E-state index is 9.04. The quantitative estimate of drug-likeness (QED) is 0.462. The third kappa shape index (κ3) is 11.1. The van der Waals surface area contributed by atoms with Crippen molar-refractivity contribution in [3.63, 3.8) is 0 Å². The molecule has 0 rings (SSSR count). The van der Waals surface area contributed by atoms with Crippen LogP contribution >= 0.6 is 0 Å². The van der Waals surface area contributed by atoms with E-state index >= 15 is 0 Å². The van der Waals surface area contributed by atoms with Gasteiger partial charge in [0.1, 0.15) is 0 Å². The van der Waals surface area contributed by atoms with E-state index < -0.39 is 0 Å². The van der Waals surface area contributed by atoms with Crippen LogP contribution in [-0.2, 0) is 0 Å². The number of unbranched alkanes of at least 4 members (excludes halogenated alkanes) is 3. The van der Waals surface area contributed by atoms with Gasteiger partial charge in [-0.2, -0.15) is 0 Å². The summed E-state index contributed by atoms with van der Waals surface area (Å²) in [5.41, 5.74) is 0. The Kier molecular flexibility index (Phi) is 12.0. The summed E-state index contributed by atoms with van der Waals surface area (Å²) < 4.78 is 0. The Labute approximate surface area is 115 Å². The van der Waals surface area contributed by atoms with Crippen molar-refractivity contribution < 1.29 is 5.11 Å². The van der Waals surface area contributed by atoms with E-state index in [1.165, 1.54) is 57.8 Å². The fourth-order valence-corrected chi connectivity index (χ4v) is 2.76. The van der Waals surface area contributed by atoms with Gasteiger partial charge in [-0.05, 0) is 24.2 Å². The van der Waals surface area contributed by atoms with E-state index in [0.717, 1.165) is 11.8 Å². The summed E-state index contributed by atoms with van der Waals surface area (Å²) in [4.78, 5) is 0. The monoisotopic (exact) mass is 256 g/mol. The standard InChI is InChI=1S/C17H36O/c1-5-6-7-8-10-15(2)11-9-12-16(3)13-17(4)14-18/h15-18H,5-14H2,1-4H3. The van der Waals surface area contributed by atoms with Gasteiger partial charge < -0.3 is 5.11 Å². The van der Waals surface area contributed by atoms with E-state index in [-0.39, 0.29) is 0 Å². The van der Waals surface area contributed by atoms with Crippen molar-refractivity contribution in [3.05, 3.63) is 0 Å². The summed E-state index contributed by atoms with van der Waals surface area (Å²) >= 11 is 0. The van der Waals surface area contributed by atoms with Gasteiger partial charge in [0.05, 0.1) is 0 Å². The Bertz CT molecular complexity index is 167. The van der Waals surface area contributed by atoms with Crippen molar-refractivity contribution in [2.45, 2.75) is 85.5 Å². The lowest BCUT2D eigenvalue weighted by molar-refractivity contribution is 0.211. The summed E-state index contributed by atoms with van der Waals surface area (Å²) in [5, 5.41) is 9.04. The number of hydrogen-bond donors (Lipinski definition) is 1. The van der Waals surface area contributed by atoms with Crippen molar-refractivity contribution in [1.82, 2.24) is 0 Å². The summed E-state index contributed by atoms with van der Waals surface area (Å²) in [7, 11) is 0. The van der Waals surface area contributed by atoms with E-state index in [4.69, 9.17) is 5.11 Å². The molecule has 1 N–H and O–H groups in total. The highest BCUT2D eigenvalue weighted by molar-refractivity contribution is 4.61. The molecule has 1 heteroatoms. The molecule has 0 aromatic heterocycles. The number of aliphatic hydroxyl groups is 1. The molecule has 0 saturated carbocycles. The Balaban J connectivity index is 3.40. The Morgan fingerprint density at radius 1 is 0.722 bits per heavy atom. The minimum Gasteiger partial charge on any atom is -0.396 e. The molecule has 0 aliphatic heterocycles. The zero-order valence-corrected chi connectivity index (χ0v) is 13.3. The van der Waals surface area contributed by atoms with E-state index in [1.807, 2.05) is 0 Å². The molecular weight excluding hydrogens is 220 g/mol. The molecule has 0 bridgehead atoms. The molecule has 0 radical (unpaired) electrons. The van der Waals surface area contributed by atoms with Crippen LogP contribution in [0.15, 0.2) is 0 Å². The first-order valence-electron chi connectivity index (χ1n) is 8.20. The van der Waals surface area contributed by atoms with Crippen molar-refractivity contribution >= 4 is 0 Å². The van der Waals surface area contributed by atoms with Crippen LogP contribution in [-0.4, -0.2) is 11.7 Å². The Hall–Kier alpha value is -0.0400. The van der Waals surface area contributed by atoms with Gasteiger partial charge in [-0.25, -0.2) is 0 Å². The van der Waals surface area contributed by atoms with Crippen LogP contribution in [0.3, 0.4) is 0 Å². The Morgan fingerprint density at radius 2 is 1.33 bits per heavy atom. The van der Waals surface area contributed by atoms with E-state index in [1.54, 1.807) is 0 Å². The highest BCUT2D eigenvalue weighted by Crippen LogP contribution is 2.21. The van der Waals surface area contributed by atoms with E-state index in [0.29, 0.717) is 12.5 Å². The van der Waals surface area contributed by atoms with E-state index in [2.05, 4.69) is 27.7 Å². The van der Waals surface area contributed by atoms with Crippen molar-refractivity contribution in [3.8, 4) is 0 Å². The van der Waals surface area contributed by atoms with Gasteiger partial charge in [0.2, 0.25) is 0 Å². The molecule has 3 unspecified atom stereocenters. The summed E-state index contributed by atoms with van der Waals surface area (Å²) in [6.45, 7) is 9.51. The van der Waals surface area contributed by atoms with E-state index in [9.17, 15) is 0 Å². The maximum atomic E-state index is 9.04. The van der Waals surface area contributed by atoms with Crippen LogP contribution in [0, 0.1) is 17.8 Å². The van der Waals surface area contributed by atoms with Gasteiger partial charge in [-0.3, -0.25) is 0 Å². The first-order valence-corrected chi connectivity index (χ1v) is 8.20. The molecule has 0 heterocycles. The predicted molar refractivity (Wildman–Crippen MR) is 81.8 cm³/mol. The normalized spacial score (nSPS) is 16.5. The fourth-order valence-electron chi connectivity index (χ4n) is 2.76. The molecule has 18 heavy (non-hydrogen) atoms. The van der Waals surface area contributed by atoms with Gasteiger partial charge in [0.15, 0.2) is 0 Å². The summed E-state index contributed by atoms with van der Waals surface area (Å²) in [6, 6.07) is 0. The average Bonchev–Trinajstić information content (AvgIpc) is 2.34. The first-order chi connectivity index (χ1) is 8.60. The lowest BCUT2D eigenvalue weighted by Crippen LogP contribution is -2.07. The van der Waals surface area contributed by atoms with Crippen LogP contribution in [0.2, 0.25) is 0 Å². The molecule has 0 amide bonds. The smallest absolute Gasteiger partial charge is 0.0456 e. The van der Waals surface area contributed by atoms with Crippen LogP contribution in [0.4, 0.5) is 0 Å². The minimum atomic E-state index is 0.345. The lowest BCUT2D eigenvalue weighted by atomic mass is 9.90. The molecule has 0 aliphatic rings. The average molecular weight is 256 g/mol. The molecule has 1 nitrogen and oxygen atoms in total. The molecular formula is C17H36O. The molecule has 0 aromatic carbocycles. The predicted octanol–water partition coefficient (Wildman–Crippen LogP) is 5.42. The third-order valence-corrected chi connectivity index (χ3v) is 4.06. The van der Waals surface area contributed by atoms with Crippen molar-refractivity contribution in [2.75, 3.05) is 6.61 Å².